The number of rotatable bonds is 12. The van der Waals surface area contributed by atoms with E-state index >= 15 is 0 Å². The fourth-order valence-electron chi connectivity index (χ4n) is 4.44. The Balaban J connectivity index is 1.75. The minimum atomic E-state index is -0.973. The molecule has 0 saturated carbocycles. The molecular weight excluding hydrogens is 487 g/mol. The molecule has 1 fully saturated rings. The van der Waals surface area contributed by atoms with Crippen LogP contribution in [-0.2, 0) is 20.9 Å². The first-order valence-electron chi connectivity index (χ1n) is 12.0. The molecule has 194 valence electrons. The summed E-state index contributed by atoms with van der Waals surface area (Å²) in [5.74, 6) is -0.995. The molecule has 0 bridgehead atoms. The summed E-state index contributed by atoms with van der Waals surface area (Å²) in [5, 5.41) is 9.58. The van der Waals surface area contributed by atoms with Gasteiger partial charge in [0.25, 0.3) is 0 Å². The number of hydrogen-bond acceptors (Lipinski definition) is 5. The standard InChI is InChI=1S/C27H32ClFN2O5/c1-17(2)15-30(23(14-27(34)35)20-5-6-21(28)22(29)13-20)16-19-4-7-24(18(3)12-19)36-11-10-31-25(32)8-9-26(31)33/h4-7,12-13,17,23H,8-11,14-16H2,1-3H3,(H,34,35)/t23-/m1/s1. The highest BCUT2D eigenvalue weighted by molar-refractivity contribution is 6.30. The number of benzene rings is 2. The van der Waals surface area contributed by atoms with Crippen LogP contribution in [0.25, 0.3) is 0 Å². The summed E-state index contributed by atoms with van der Waals surface area (Å²) >= 11 is 5.85. The monoisotopic (exact) mass is 518 g/mol. The molecule has 1 heterocycles. The van der Waals surface area contributed by atoms with E-state index in [-0.39, 0.29) is 55.2 Å². The van der Waals surface area contributed by atoms with Gasteiger partial charge in [-0.15, -0.1) is 0 Å². The Morgan fingerprint density at radius 2 is 1.86 bits per heavy atom. The average Bonchev–Trinajstić information content (AvgIpc) is 3.12. The largest absolute Gasteiger partial charge is 0.491 e. The van der Waals surface area contributed by atoms with Gasteiger partial charge in [-0.05, 0) is 47.7 Å². The molecule has 0 aliphatic carbocycles. The van der Waals surface area contributed by atoms with Crippen molar-refractivity contribution in [3.8, 4) is 5.75 Å². The highest BCUT2D eigenvalue weighted by Crippen LogP contribution is 2.30. The minimum Gasteiger partial charge on any atom is -0.491 e. The first-order chi connectivity index (χ1) is 17.0. The number of nitrogens with zero attached hydrogens (tertiary/aromatic N) is 2. The Kier molecular flexibility index (Phi) is 9.45. The van der Waals surface area contributed by atoms with Crippen molar-refractivity contribution in [1.82, 2.24) is 9.80 Å². The second kappa shape index (κ2) is 12.3. The summed E-state index contributed by atoms with van der Waals surface area (Å²) in [5.41, 5.74) is 2.39. The smallest absolute Gasteiger partial charge is 0.305 e. The Morgan fingerprint density at radius 1 is 1.17 bits per heavy atom. The second-order valence-corrected chi connectivity index (χ2v) is 9.91. The van der Waals surface area contributed by atoms with E-state index < -0.39 is 17.8 Å². The molecule has 2 aromatic carbocycles. The number of carboxylic acid groups (broad SMARTS) is 1. The lowest BCUT2D eigenvalue weighted by molar-refractivity contribution is -0.140. The third kappa shape index (κ3) is 7.27. The van der Waals surface area contributed by atoms with Crippen molar-refractivity contribution < 1.29 is 28.6 Å². The molecule has 2 amide bonds. The van der Waals surface area contributed by atoms with Gasteiger partial charge in [-0.1, -0.05) is 43.6 Å². The SMILES string of the molecule is Cc1cc(CN(CC(C)C)[C@H](CC(=O)O)c2ccc(Cl)c(F)c2)ccc1OCCN1C(=O)CCC1=O. The molecule has 1 aliphatic heterocycles. The van der Waals surface area contributed by atoms with E-state index in [1.807, 2.05) is 43.9 Å². The van der Waals surface area contributed by atoms with Crippen molar-refractivity contribution in [2.24, 2.45) is 5.92 Å². The first-order valence-corrected chi connectivity index (χ1v) is 12.4. The normalized spacial score (nSPS) is 14.7. The van der Waals surface area contributed by atoms with Gasteiger partial charge in [-0.25, -0.2) is 4.39 Å². The van der Waals surface area contributed by atoms with Gasteiger partial charge in [0, 0.05) is 32.0 Å². The quantitative estimate of drug-likeness (QED) is 0.398. The zero-order valence-corrected chi connectivity index (χ0v) is 21.6. The molecule has 9 heteroatoms. The van der Waals surface area contributed by atoms with E-state index in [1.165, 1.54) is 17.0 Å². The van der Waals surface area contributed by atoms with Crippen LogP contribution in [0, 0.1) is 18.7 Å². The molecule has 1 saturated heterocycles. The summed E-state index contributed by atoms with van der Waals surface area (Å²) in [6.45, 7) is 7.49. The van der Waals surface area contributed by atoms with Crippen LogP contribution in [0.2, 0.25) is 5.02 Å². The first kappa shape index (κ1) is 27.6. The molecule has 36 heavy (non-hydrogen) atoms. The highest BCUT2D eigenvalue weighted by Gasteiger charge is 2.28. The van der Waals surface area contributed by atoms with Gasteiger partial charge in [-0.2, -0.15) is 0 Å². The lowest BCUT2D eigenvalue weighted by Crippen LogP contribution is -2.33. The molecule has 0 aromatic heterocycles. The number of carbonyl (C=O) groups is 3. The van der Waals surface area contributed by atoms with E-state index in [9.17, 15) is 23.9 Å². The van der Waals surface area contributed by atoms with Crippen LogP contribution in [0.15, 0.2) is 36.4 Å². The van der Waals surface area contributed by atoms with Crippen LogP contribution < -0.4 is 4.74 Å². The predicted molar refractivity (Wildman–Crippen MR) is 134 cm³/mol. The number of imide groups is 1. The Hall–Kier alpha value is -2.97. The van der Waals surface area contributed by atoms with E-state index in [1.54, 1.807) is 6.07 Å². The maximum absolute atomic E-state index is 14.2. The molecule has 0 spiro atoms. The molecule has 7 nitrogen and oxygen atoms in total. The summed E-state index contributed by atoms with van der Waals surface area (Å²) in [6, 6.07) is 9.60. The lowest BCUT2D eigenvalue weighted by atomic mass is 9.99. The number of carboxylic acids is 1. The maximum Gasteiger partial charge on any atom is 0.305 e. The summed E-state index contributed by atoms with van der Waals surface area (Å²) < 4.78 is 20.0. The number of amides is 2. The molecule has 1 atom stereocenters. The van der Waals surface area contributed by atoms with Crippen LogP contribution in [0.5, 0.6) is 5.75 Å². The summed E-state index contributed by atoms with van der Waals surface area (Å²) in [4.78, 5) is 38.5. The highest BCUT2D eigenvalue weighted by atomic mass is 35.5. The van der Waals surface area contributed by atoms with Crippen molar-refractivity contribution >= 4 is 29.4 Å². The fraction of sp³-hybridized carbons (Fsp3) is 0.444. The lowest BCUT2D eigenvalue weighted by Gasteiger charge is -2.33. The van der Waals surface area contributed by atoms with Crippen molar-refractivity contribution in [2.45, 2.75) is 52.6 Å². The fourth-order valence-corrected chi connectivity index (χ4v) is 4.56. The average molecular weight is 519 g/mol. The van der Waals surface area contributed by atoms with E-state index in [4.69, 9.17) is 16.3 Å². The van der Waals surface area contributed by atoms with Gasteiger partial charge in [0.1, 0.15) is 18.2 Å². The minimum absolute atomic E-state index is 0.00656. The zero-order valence-electron chi connectivity index (χ0n) is 20.8. The zero-order chi connectivity index (χ0) is 26.4. The topological polar surface area (TPSA) is 87.2 Å². The molecule has 3 rings (SSSR count). The van der Waals surface area contributed by atoms with Gasteiger partial charge in [0.15, 0.2) is 0 Å². The van der Waals surface area contributed by atoms with Crippen LogP contribution in [0.1, 0.15) is 55.8 Å². The second-order valence-electron chi connectivity index (χ2n) is 9.50. The van der Waals surface area contributed by atoms with E-state index in [0.29, 0.717) is 24.4 Å². The molecular formula is C27H32ClFN2O5. The molecule has 2 aromatic rings. The number of halogens is 2. The Labute approximate surface area is 215 Å². The number of ether oxygens (including phenoxy) is 1. The van der Waals surface area contributed by atoms with Crippen molar-refractivity contribution in [1.29, 1.82) is 0 Å². The molecule has 1 N–H and O–H groups in total. The van der Waals surface area contributed by atoms with Crippen LogP contribution in [0.3, 0.4) is 0 Å². The van der Waals surface area contributed by atoms with E-state index in [0.717, 1.165) is 11.1 Å². The van der Waals surface area contributed by atoms with Gasteiger partial charge >= 0.3 is 5.97 Å². The third-order valence-corrected chi connectivity index (χ3v) is 6.40. The van der Waals surface area contributed by atoms with Crippen molar-refractivity contribution in [3.05, 3.63) is 63.9 Å². The molecule has 0 unspecified atom stereocenters. The van der Waals surface area contributed by atoms with E-state index in [2.05, 4.69) is 0 Å². The molecule has 0 radical (unpaired) electrons. The maximum atomic E-state index is 14.2. The third-order valence-electron chi connectivity index (χ3n) is 6.09. The Morgan fingerprint density at radius 3 is 2.44 bits per heavy atom. The number of likely N-dealkylation sites (tertiary alicyclic amines) is 1. The van der Waals surface area contributed by atoms with Gasteiger partial charge in [0.05, 0.1) is 18.0 Å². The van der Waals surface area contributed by atoms with Gasteiger partial charge < -0.3 is 9.84 Å². The summed E-state index contributed by atoms with van der Waals surface area (Å²) in [6.07, 6.45) is 0.331. The van der Waals surface area contributed by atoms with Crippen LogP contribution >= 0.6 is 11.6 Å². The van der Waals surface area contributed by atoms with Crippen molar-refractivity contribution in [3.63, 3.8) is 0 Å². The number of hydrogen-bond donors (Lipinski definition) is 1. The number of aliphatic carboxylic acids is 1. The summed E-state index contributed by atoms with van der Waals surface area (Å²) in [7, 11) is 0. The van der Waals surface area contributed by atoms with Crippen LogP contribution in [-0.4, -0.2) is 52.4 Å². The number of aryl methyl sites for hydroxylation is 1. The van der Waals surface area contributed by atoms with Crippen molar-refractivity contribution in [2.75, 3.05) is 19.7 Å². The Bertz CT molecular complexity index is 1110. The molecule has 1 aliphatic rings. The van der Waals surface area contributed by atoms with Gasteiger partial charge in [-0.3, -0.25) is 24.2 Å². The predicted octanol–water partition coefficient (Wildman–Crippen LogP) is 4.99. The van der Waals surface area contributed by atoms with Gasteiger partial charge in [0.2, 0.25) is 11.8 Å². The number of carbonyl (C=O) groups excluding carboxylic acids is 2. The van der Waals surface area contributed by atoms with Crippen LogP contribution in [0.4, 0.5) is 4.39 Å².